The van der Waals surface area contributed by atoms with Crippen LogP contribution in [0.15, 0.2) is 78.9 Å². The van der Waals surface area contributed by atoms with Gasteiger partial charge < -0.3 is 19.1 Å². The molecule has 3 aromatic carbocycles. The van der Waals surface area contributed by atoms with E-state index in [1.54, 1.807) is 53.4 Å². The Hall–Kier alpha value is -3.55. The van der Waals surface area contributed by atoms with Gasteiger partial charge in [0.05, 0.1) is 13.2 Å². The van der Waals surface area contributed by atoms with Crippen molar-refractivity contribution in [2.45, 2.75) is 12.1 Å². The topological polar surface area (TPSA) is 68.3 Å². The average Bonchev–Trinajstić information content (AvgIpc) is 3.23. The Balaban J connectivity index is 1.42. The van der Waals surface area contributed by atoms with Gasteiger partial charge in [0.2, 0.25) is 6.10 Å². The number of carbonyl (C=O) groups excluding carboxylic acids is 2. The second kappa shape index (κ2) is 9.75. The van der Waals surface area contributed by atoms with Crippen LogP contribution in [-0.2, 0) is 14.3 Å². The lowest BCUT2D eigenvalue weighted by Crippen LogP contribution is -2.47. The molecule has 2 aliphatic rings. The molecule has 34 heavy (non-hydrogen) atoms. The van der Waals surface area contributed by atoms with Crippen molar-refractivity contribution >= 4 is 29.3 Å². The zero-order valence-electron chi connectivity index (χ0n) is 18.3. The maximum atomic E-state index is 13.3. The lowest BCUT2D eigenvalue weighted by Gasteiger charge is -2.31. The van der Waals surface area contributed by atoms with Crippen LogP contribution in [-0.4, -0.2) is 49.3 Å². The summed E-state index contributed by atoms with van der Waals surface area (Å²) in [4.78, 5) is 29.6. The molecule has 0 N–H and O–H groups in total. The first-order chi connectivity index (χ1) is 16.6. The number of amides is 2. The number of morpholine rings is 1. The van der Waals surface area contributed by atoms with Crippen molar-refractivity contribution < 1.29 is 23.8 Å². The standard InChI is InChI=1S/C26H23ClN2O5/c27-19-6-10-21(11-7-19)33-22-12-8-20(9-13-22)29-23(18-4-2-1-3-5-18)24(34-26(29)31)25(30)28-14-16-32-17-15-28/h1-13,23-24H,14-17H2/t23-,24+/m0/s1. The molecule has 0 saturated carbocycles. The van der Waals surface area contributed by atoms with E-state index in [1.165, 1.54) is 4.90 Å². The van der Waals surface area contributed by atoms with Crippen molar-refractivity contribution in [2.75, 3.05) is 31.2 Å². The summed E-state index contributed by atoms with van der Waals surface area (Å²) in [5.41, 5.74) is 1.43. The van der Waals surface area contributed by atoms with Crippen LogP contribution in [0.3, 0.4) is 0 Å². The van der Waals surface area contributed by atoms with E-state index in [2.05, 4.69) is 0 Å². The molecule has 0 radical (unpaired) electrons. The van der Waals surface area contributed by atoms with Gasteiger partial charge in [-0.05, 0) is 54.1 Å². The van der Waals surface area contributed by atoms with Crippen molar-refractivity contribution in [3.8, 4) is 11.5 Å². The largest absolute Gasteiger partial charge is 0.457 e. The first kappa shape index (κ1) is 22.3. The molecule has 8 heteroatoms. The molecular weight excluding hydrogens is 456 g/mol. The number of ether oxygens (including phenoxy) is 3. The number of cyclic esters (lactones) is 1. The van der Waals surface area contributed by atoms with Gasteiger partial charge in [0, 0.05) is 23.8 Å². The fourth-order valence-corrected chi connectivity index (χ4v) is 4.31. The molecule has 7 nitrogen and oxygen atoms in total. The van der Waals surface area contributed by atoms with E-state index in [9.17, 15) is 9.59 Å². The van der Waals surface area contributed by atoms with Crippen molar-refractivity contribution in [1.29, 1.82) is 0 Å². The molecule has 2 atom stereocenters. The highest BCUT2D eigenvalue weighted by atomic mass is 35.5. The Morgan fingerprint density at radius 1 is 0.882 bits per heavy atom. The summed E-state index contributed by atoms with van der Waals surface area (Å²) < 4.78 is 16.9. The van der Waals surface area contributed by atoms with E-state index in [0.717, 1.165) is 5.56 Å². The molecule has 2 aliphatic heterocycles. The van der Waals surface area contributed by atoms with Gasteiger partial charge in [-0.3, -0.25) is 9.69 Å². The molecule has 2 fully saturated rings. The second-order valence-corrected chi connectivity index (χ2v) is 8.45. The number of halogens is 1. The zero-order valence-corrected chi connectivity index (χ0v) is 19.1. The van der Waals surface area contributed by atoms with Crippen LogP contribution in [0.1, 0.15) is 11.6 Å². The van der Waals surface area contributed by atoms with Gasteiger partial charge in [-0.15, -0.1) is 0 Å². The van der Waals surface area contributed by atoms with Gasteiger partial charge in [-0.25, -0.2) is 4.79 Å². The number of nitrogens with zero attached hydrogens (tertiary/aromatic N) is 2. The van der Waals surface area contributed by atoms with Crippen LogP contribution in [0.4, 0.5) is 10.5 Å². The highest BCUT2D eigenvalue weighted by Crippen LogP contribution is 2.39. The Morgan fingerprint density at radius 2 is 1.50 bits per heavy atom. The molecule has 0 aromatic heterocycles. The number of rotatable bonds is 5. The quantitative estimate of drug-likeness (QED) is 0.513. The van der Waals surface area contributed by atoms with E-state index >= 15 is 0 Å². The Labute approximate surface area is 202 Å². The monoisotopic (exact) mass is 478 g/mol. The summed E-state index contributed by atoms with van der Waals surface area (Å²) in [6, 6.07) is 23.0. The van der Waals surface area contributed by atoms with Crippen molar-refractivity contribution in [3.63, 3.8) is 0 Å². The second-order valence-electron chi connectivity index (χ2n) is 8.02. The van der Waals surface area contributed by atoms with E-state index in [0.29, 0.717) is 48.5 Å². The molecule has 2 heterocycles. The van der Waals surface area contributed by atoms with Gasteiger partial charge in [-0.2, -0.15) is 0 Å². The van der Waals surface area contributed by atoms with Crippen molar-refractivity contribution in [3.05, 3.63) is 89.4 Å². The summed E-state index contributed by atoms with van der Waals surface area (Å²) in [6.07, 6.45) is -1.51. The summed E-state index contributed by atoms with van der Waals surface area (Å²) in [6.45, 7) is 1.90. The minimum atomic E-state index is -0.946. The third-order valence-electron chi connectivity index (χ3n) is 5.86. The number of benzene rings is 3. The number of hydrogen-bond acceptors (Lipinski definition) is 5. The van der Waals surface area contributed by atoms with Gasteiger partial charge in [0.1, 0.15) is 17.5 Å². The van der Waals surface area contributed by atoms with Crippen LogP contribution in [0.25, 0.3) is 0 Å². The molecule has 0 bridgehead atoms. The third kappa shape index (κ3) is 4.58. The van der Waals surface area contributed by atoms with Crippen LogP contribution in [0.2, 0.25) is 5.02 Å². The maximum absolute atomic E-state index is 13.3. The molecular formula is C26H23ClN2O5. The summed E-state index contributed by atoms with van der Waals surface area (Å²) in [5, 5.41) is 0.628. The summed E-state index contributed by atoms with van der Waals surface area (Å²) in [5.74, 6) is 1.04. The normalized spacial score (nSPS) is 20.2. The fourth-order valence-electron chi connectivity index (χ4n) is 4.18. The van der Waals surface area contributed by atoms with Gasteiger partial charge in [0.15, 0.2) is 0 Å². The van der Waals surface area contributed by atoms with Crippen LogP contribution in [0.5, 0.6) is 11.5 Å². The molecule has 0 aliphatic carbocycles. The SMILES string of the molecule is O=C([C@@H]1OC(=O)N(c2ccc(Oc3ccc(Cl)cc3)cc2)[C@H]1c1ccccc1)N1CCOCC1. The van der Waals surface area contributed by atoms with E-state index in [4.69, 9.17) is 25.8 Å². The Kier molecular flexibility index (Phi) is 6.38. The molecule has 3 aromatic rings. The van der Waals surface area contributed by atoms with Crippen LogP contribution >= 0.6 is 11.6 Å². The van der Waals surface area contributed by atoms with E-state index in [1.807, 2.05) is 30.3 Å². The number of anilines is 1. The molecule has 174 valence electrons. The predicted octanol–water partition coefficient (Wildman–Crippen LogP) is 5.06. The molecule has 0 unspecified atom stereocenters. The Morgan fingerprint density at radius 3 is 2.15 bits per heavy atom. The first-order valence-electron chi connectivity index (χ1n) is 11.0. The molecule has 2 saturated heterocycles. The highest BCUT2D eigenvalue weighted by molar-refractivity contribution is 6.30. The maximum Gasteiger partial charge on any atom is 0.415 e. The zero-order chi connectivity index (χ0) is 23.5. The van der Waals surface area contributed by atoms with Gasteiger partial charge >= 0.3 is 6.09 Å². The van der Waals surface area contributed by atoms with E-state index in [-0.39, 0.29) is 5.91 Å². The minimum Gasteiger partial charge on any atom is -0.457 e. The van der Waals surface area contributed by atoms with Crippen molar-refractivity contribution in [1.82, 2.24) is 4.90 Å². The van der Waals surface area contributed by atoms with Crippen LogP contribution < -0.4 is 9.64 Å². The highest BCUT2D eigenvalue weighted by Gasteiger charge is 2.48. The number of hydrogen-bond donors (Lipinski definition) is 0. The molecule has 0 spiro atoms. The van der Waals surface area contributed by atoms with Crippen LogP contribution in [0, 0.1) is 0 Å². The third-order valence-corrected chi connectivity index (χ3v) is 6.11. The molecule has 5 rings (SSSR count). The van der Waals surface area contributed by atoms with Crippen molar-refractivity contribution in [2.24, 2.45) is 0 Å². The van der Waals surface area contributed by atoms with Gasteiger partial charge in [-0.1, -0.05) is 41.9 Å². The minimum absolute atomic E-state index is 0.212. The van der Waals surface area contributed by atoms with Gasteiger partial charge in [0.25, 0.3) is 5.91 Å². The number of carbonyl (C=O) groups is 2. The predicted molar refractivity (Wildman–Crippen MR) is 127 cm³/mol. The summed E-state index contributed by atoms with van der Waals surface area (Å²) in [7, 11) is 0. The van der Waals surface area contributed by atoms with E-state index < -0.39 is 18.2 Å². The smallest absolute Gasteiger partial charge is 0.415 e. The average molecular weight is 479 g/mol. The summed E-state index contributed by atoms with van der Waals surface area (Å²) >= 11 is 5.93. The lowest BCUT2D eigenvalue weighted by molar-refractivity contribution is -0.143. The fraction of sp³-hybridized carbons (Fsp3) is 0.231. The lowest BCUT2D eigenvalue weighted by atomic mass is 9.99. The first-order valence-corrected chi connectivity index (χ1v) is 11.4. The Bertz CT molecular complexity index is 1150. The molecule has 2 amide bonds.